The van der Waals surface area contributed by atoms with Crippen LogP contribution in [0.5, 0.6) is 5.75 Å². The lowest BCUT2D eigenvalue weighted by molar-refractivity contribution is 0.201. The Balaban J connectivity index is 1.58. The number of benzene rings is 2. The first-order valence-corrected chi connectivity index (χ1v) is 11.3. The van der Waals surface area contributed by atoms with E-state index in [1.165, 1.54) is 27.7 Å². The molecule has 0 amide bonds. The zero-order valence-electron chi connectivity index (χ0n) is 17.1. The fourth-order valence-corrected chi connectivity index (χ4v) is 4.73. The molecule has 0 aliphatic carbocycles. The van der Waals surface area contributed by atoms with E-state index in [0.29, 0.717) is 0 Å². The Hall–Kier alpha value is -2.83. The predicted molar refractivity (Wildman–Crippen MR) is 121 cm³/mol. The second kappa shape index (κ2) is 8.13. The number of rotatable bonds is 5. The van der Waals surface area contributed by atoms with Gasteiger partial charge in [0, 0.05) is 47.6 Å². The van der Waals surface area contributed by atoms with Crippen molar-refractivity contribution in [2.75, 3.05) is 19.9 Å². The summed E-state index contributed by atoms with van der Waals surface area (Å²) in [7, 11) is 1.72. The quantitative estimate of drug-likeness (QED) is 0.373. The molecule has 1 aliphatic rings. The van der Waals surface area contributed by atoms with Gasteiger partial charge in [0.15, 0.2) is 5.16 Å². The molecule has 1 atom stereocenters. The SMILES string of the molecule is COc1cccc(C2c3[nH]c4ccccc4c3CCN2Cc2cnc(SC)nc2)c1. The van der Waals surface area contributed by atoms with Crippen molar-refractivity contribution in [1.29, 1.82) is 0 Å². The lowest BCUT2D eigenvalue weighted by Crippen LogP contribution is -2.35. The molecule has 1 unspecified atom stereocenters. The van der Waals surface area contributed by atoms with Gasteiger partial charge in [-0.3, -0.25) is 4.90 Å². The summed E-state index contributed by atoms with van der Waals surface area (Å²) >= 11 is 1.56. The van der Waals surface area contributed by atoms with Crippen molar-refractivity contribution in [2.24, 2.45) is 0 Å². The van der Waals surface area contributed by atoms with Gasteiger partial charge in [0.2, 0.25) is 0 Å². The third-order valence-corrected chi connectivity index (χ3v) is 6.37. The Morgan fingerprint density at radius 2 is 1.97 bits per heavy atom. The summed E-state index contributed by atoms with van der Waals surface area (Å²) in [5, 5.41) is 2.13. The highest BCUT2D eigenvalue weighted by molar-refractivity contribution is 7.98. The van der Waals surface area contributed by atoms with Crippen molar-refractivity contribution in [3.63, 3.8) is 0 Å². The molecule has 0 fully saturated rings. The smallest absolute Gasteiger partial charge is 0.187 e. The Morgan fingerprint density at radius 1 is 1.13 bits per heavy atom. The summed E-state index contributed by atoms with van der Waals surface area (Å²) in [4.78, 5) is 15.2. The highest BCUT2D eigenvalue weighted by Gasteiger charge is 2.32. The number of fused-ring (bicyclic) bond motifs is 3. The molecule has 152 valence electrons. The average Bonchev–Trinajstić information content (AvgIpc) is 3.18. The summed E-state index contributed by atoms with van der Waals surface area (Å²) in [6.07, 6.45) is 6.91. The first-order chi connectivity index (χ1) is 14.8. The van der Waals surface area contributed by atoms with Crippen molar-refractivity contribution < 1.29 is 4.74 Å². The van der Waals surface area contributed by atoms with Crippen molar-refractivity contribution in [2.45, 2.75) is 24.2 Å². The number of thioether (sulfide) groups is 1. The molecular weight excluding hydrogens is 392 g/mol. The van der Waals surface area contributed by atoms with Gasteiger partial charge in [0.05, 0.1) is 13.2 Å². The van der Waals surface area contributed by atoms with Crippen LogP contribution in [0.3, 0.4) is 0 Å². The fraction of sp³-hybridized carbons (Fsp3) is 0.250. The molecule has 0 bridgehead atoms. The molecule has 2 aromatic heterocycles. The molecule has 1 N–H and O–H groups in total. The normalized spacial score (nSPS) is 16.5. The Labute approximate surface area is 180 Å². The van der Waals surface area contributed by atoms with E-state index in [1.54, 1.807) is 18.9 Å². The number of methoxy groups -OCH3 is 1. The number of ether oxygens (including phenoxy) is 1. The largest absolute Gasteiger partial charge is 0.497 e. The highest BCUT2D eigenvalue weighted by atomic mass is 32.2. The zero-order valence-corrected chi connectivity index (χ0v) is 17.9. The van der Waals surface area contributed by atoms with Crippen LogP contribution in [-0.2, 0) is 13.0 Å². The molecule has 1 aliphatic heterocycles. The maximum Gasteiger partial charge on any atom is 0.187 e. The van der Waals surface area contributed by atoms with Crippen LogP contribution in [0.25, 0.3) is 10.9 Å². The molecule has 0 saturated heterocycles. The van der Waals surface area contributed by atoms with Crippen LogP contribution in [0, 0.1) is 0 Å². The fourth-order valence-electron chi connectivity index (χ4n) is 4.41. The van der Waals surface area contributed by atoms with Crippen LogP contribution in [-0.4, -0.2) is 39.8 Å². The highest BCUT2D eigenvalue weighted by Crippen LogP contribution is 2.39. The molecule has 0 spiro atoms. The van der Waals surface area contributed by atoms with Crippen molar-refractivity contribution >= 4 is 22.7 Å². The number of aromatic amines is 1. The topological polar surface area (TPSA) is 54.0 Å². The third kappa shape index (κ3) is 3.46. The molecule has 0 radical (unpaired) electrons. The van der Waals surface area contributed by atoms with Crippen molar-refractivity contribution in [1.82, 2.24) is 19.9 Å². The average molecular weight is 417 g/mol. The summed E-state index contributed by atoms with van der Waals surface area (Å²) in [6.45, 7) is 1.77. The Bertz CT molecular complexity index is 1170. The molecule has 3 heterocycles. The minimum atomic E-state index is 0.122. The van der Waals surface area contributed by atoms with E-state index in [1.807, 2.05) is 24.7 Å². The van der Waals surface area contributed by atoms with Crippen LogP contribution in [0.1, 0.15) is 28.4 Å². The molecule has 4 aromatic rings. The molecule has 2 aromatic carbocycles. The van der Waals surface area contributed by atoms with Gasteiger partial charge in [-0.1, -0.05) is 42.1 Å². The van der Waals surface area contributed by atoms with Crippen molar-refractivity contribution in [3.05, 3.63) is 83.3 Å². The van der Waals surface area contributed by atoms with Gasteiger partial charge in [0.25, 0.3) is 0 Å². The monoisotopic (exact) mass is 416 g/mol. The molecule has 0 saturated carbocycles. The zero-order chi connectivity index (χ0) is 20.5. The van der Waals surface area contributed by atoms with Gasteiger partial charge in [-0.25, -0.2) is 9.97 Å². The van der Waals surface area contributed by atoms with Gasteiger partial charge in [-0.2, -0.15) is 0 Å². The van der Waals surface area contributed by atoms with E-state index < -0.39 is 0 Å². The Kier molecular flexibility index (Phi) is 5.19. The molecule has 5 nitrogen and oxygen atoms in total. The van der Waals surface area contributed by atoms with Crippen LogP contribution < -0.4 is 4.74 Å². The van der Waals surface area contributed by atoms with Crippen molar-refractivity contribution in [3.8, 4) is 5.75 Å². The first kappa shape index (κ1) is 19.2. The van der Waals surface area contributed by atoms with E-state index in [2.05, 4.69) is 62.3 Å². The number of nitrogens with one attached hydrogen (secondary N) is 1. The third-order valence-electron chi connectivity index (χ3n) is 5.79. The number of nitrogens with zero attached hydrogens (tertiary/aromatic N) is 3. The van der Waals surface area contributed by atoms with Gasteiger partial charge in [0.1, 0.15) is 5.75 Å². The second-order valence-electron chi connectivity index (χ2n) is 7.54. The van der Waals surface area contributed by atoms with Gasteiger partial charge in [-0.15, -0.1) is 0 Å². The number of hydrogen-bond acceptors (Lipinski definition) is 5. The van der Waals surface area contributed by atoms with Crippen LogP contribution in [0.15, 0.2) is 66.1 Å². The van der Waals surface area contributed by atoms with E-state index in [-0.39, 0.29) is 6.04 Å². The van der Waals surface area contributed by atoms with Crippen LogP contribution >= 0.6 is 11.8 Å². The maximum atomic E-state index is 5.52. The number of aromatic nitrogens is 3. The summed E-state index contributed by atoms with van der Waals surface area (Å²) in [5.74, 6) is 0.878. The minimum absolute atomic E-state index is 0.122. The van der Waals surface area contributed by atoms with E-state index in [4.69, 9.17) is 4.74 Å². The molecule has 6 heteroatoms. The minimum Gasteiger partial charge on any atom is -0.497 e. The number of hydrogen-bond donors (Lipinski definition) is 1. The van der Waals surface area contributed by atoms with Gasteiger partial charge < -0.3 is 9.72 Å². The van der Waals surface area contributed by atoms with E-state index >= 15 is 0 Å². The van der Waals surface area contributed by atoms with Crippen LogP contribution in [0.2, 0.25) is 0 Å². The first-order valence-electron chi connectivity index (χ1n) is 10.1. The summed E-state index contributed by atoms with van der Waals surface area (Å²) in [5.41, 5.74) is 6.25. The lowest BCUT2D eigenvalue weighted by atomic mass is 9.92. The molecule has 5 rings (SSSR count). The lowest BCUT2D eigenvalue weighted by Gasteiger charge is -2.36. The Morgan fingerprint density at radius 3 is 2.77 bits per heavy atom. The predicted octanol–water partition coefficient (Wildman–Crippen LogP) is 4.84. The molecular formula is C24H24N4OS. The van der Waals surface area contributed by atoms with Gasteiger partial charge in [-0.05, 0) is 42.0 Å². The standard InChI is InChI=1S/C24H24N4OS/c1-29-18-7-5-6-17(12-18)23-22-20(19-8-3-4-9-21(19)27-22)10-11-28(23)15-16-13-25-24(30-2)26-14-16/h3-9,12-14,23,27H,10-11,15H2,1-2H3. The second-order valence-corrected chi connectivity index (χ2v) is 8.31. The van der Waals surface area contributed by atoms with E-state index in [0.717, 1.165) is 36.0 Å². The maximum absolute atomic E-state index is 5.52. The summed E-state index contributed by atoms with van der Waals surface area (Å²) in [6, 6.07) is 17.1. The van der Waals surface area contributed by atoms with E-state index in [9.17, 15) is 0 Å². The number of para-hydroxylation sites is 1. The summed E-state index contributed by atoms with van der Waals surface area (Å²) < 4.78 is 5.52. The van der Waals surface area contributed by atoms with Crippen LogP contribution in [0.4, 0.5) is 0 Å². The van der Waals surface area contributed by atoms with Gasteiger partial charge >= 0.3 is 0 Å². The molecule has 30 heavy (non-hydrogen) atoms. The number of H-pyrrole nitrogens is 1.